The molecule has 1 unspecified atom stereocenters. The molecule has 112 valence electrons. The molecule has 1 fully saturated rings. The minimum atomic E-state index is -3.44. The Hall–Kier alpha value is -1.11. The van der Waals surface area contributed by atoms with Crippen molar-refractivity contribution in [3.8, 4) is 5.75 Å². The molecule has 0 spiro atoms. The average molecular weight is 299 g/mol. The smallest absolute Gasteiger partial charge is 0.243 e. The summed E-state index contributed by atoms with van der Waals surface area (Å²) in [7, 11) is -1.88. The maximum atomic E-state index is 12.6. The van der Waals surface area contributed by atoms with E-state index in [1.165, 1.54) is 4.31 Å². The normalized spacial score (nSPS) is 20.2. The van der Waals surface area contributed by atoms with Crippen LogP contribution in [-0.2, 0) is 10.0 Å². The molecule has 0 saturated carbocycles. The van der Waals surface area contributed by atoms with E-state index in [-0.39, 0.29) is 12.5 Å². The topological polar surface area (TPSA) is 66.8 Å². The van der Waals surface area contributed by atoms with Crippen LogP contribution in [0.3, 0.4) is 0 Å². The standard InChI is InChI=1S/C14H21NO4S/c1-11-9-13(3-4-14(11)19-2)20(17,18)15-7-5-12(10-15)6-8-16/h3-4,9,12,16H,5-8,10H2,1-2H3. The SMILES string of the molecule is COc1ccc(S(=O)(=O)N2CCC(CCO)C2)cc1C. The third-order valence-corrected chi connectivity index (χ3v) is 5.65. The van der Waals surface area contributed by atoms with Crippen LogP contribution >= 0.6 is 0 Å². The summed E-state index contributed by atoms with van der Waals surface area (Å²) in [6.45, 7) is 2.96. The quantitative estimate of drug-likeness (QED) is 0.892. The molecule has 2 rings (SSSR count). The summed E-state index contributed by atoms with van der Waals surface area (Å²) in [4.78, 5) is 0.306. The molecular formula is C14H21NO4S. The highest BCUT2D eigenvalue weighted by molar-refractivity contribution is 7.89. The lowest BCUT2D eigenvalue weighted by atomic mass is 10.1. The molecule has 1 aliphatic heterocycles. The fraction of sp³-hybridized carbons (Fsp3) is 0.571. The van der Waals surface area contributed by atoms with Gasteiger partial charge in [-0.15, -0.1) is 0 Å². The summed E-state index contributed by atoms with van der Waals surface area (Å²) >= 11 is 0. The van der Waals surface area contributed by atoms with Crippen molar-refractivity contribution < 1.29 is 18.3 Å². The van der Waals surface area contributed by atoms with E-state index < -0.39 is 10.0 Å². The Labute approximate surface area is 120 Å². The van der Waals surface area contributed by atoms with Gasteiger partial charge in [-0.05, 0) is 49.4 Å². The third kappa shape index (κ3) is 2.97. The van der Waals surface area contributed by atoms with E-state index in [0.29, 0.717) is 30.2 Å². The molecule has 1 heterocycles. The lowest BCUT2D eigenvalue weighted by Gasteiger charge is -2.17. The van der Waals surface area contributed by atoms with Gasteiger partial charge in [0.25, 0.3) is 0 Å². The van der Waals surface area contributed by atoms with E-state index in [9.17, 15) is 8.42 Å². The number of benzene rings is 1. The van der Waals surface area contributed by atoms with Crippen molar-refractivity contribution in [1.29, 1.82) is 0 Å². The Morgan fingerprint density at radius 2 is 2.20 bits per heavy atom. The number of methoxy groups -OCH3 is 1. The zero-order valence-corrected chi connectivity index (χ0v) is 12.7. The van der Waals surface area contributed by atoms with E-state index in [4.69, 9.17) is 9.84 Å². The number of aryl methyl sites for hydroxylation is 1. The van der Waals surface area contributed by atoms with Crippen molar-refractivity contribution in [1.82, 2.24) is 4.31 Å². The summed E-state index contributed by atoms with van der Waals surface area (Å²) < 4.78 is 31.8. The second kappa shape index (κ2) is 6.11. The number of hydrogen-bond acceptors (Lipinski definition) is 4. The molecule has 1 saturated heterocycles. The molecule has 0 bridgehead atoms. The highest BCUT2D eigenvalue weighted by Crippen LogP contribution is 2.28. The Balaban J connectivity index is 2.21. The summed E-state index contributed by atoms with van der Waals surface area (Å²) in [5.74, 6) is 0.942. The monoisotopic (exact) mass is 299 g/mol. The lowest BCUT2D eigenvalue weighted by Crippen LogP contribution is -2.29. The largest absolute Gasteiger partial charge is 0.496 e. The summed E-state index contributed by atoms with van der Waals surface area (Å²) in [6, 6.07) is 4.91. The predicted molar refractivity (Wildman–Crippen MR) is 76.3 cm³/mol. The van der Waals surface area contributed by atoms with Crippen LogP contribution in [0.25, 0.3) is 0 Å². The first-order valence-corrected chi connectivity index (χ1v) is 8.18. The molecule has 1 aromatic rings. The maximum Gasteiger partial charge on any atom is 0.243 e. The van der Waals surface area contributed by atoms with Gasteiger partial charge in [0.15, 0.2) is 0 Å². The van der Waals surface area contributed by atoms with E-state index >= 15 is 0 Å². The first-order valence-electron chi connectivity index (χ1n) is 6.74. The molecule has 0 radical (unpaired) electrons. The average Bonchev–Trinajstić information content (AvgIpc) is 2.88. The molecule has 6 heteroatoms. The van der Waals surface area contributed by atoms with Crippen LogP contribution in [0.4, 0.5) is 0 Å². The van der Waals surface area contributed by atoms with E-state index in [0.717, 1.165) is 12.0 Å². The van der Waals surface area contributed by atoms with Gasteiger partial charge in [0.1, 0.15) is 5.75 Å². The lowest BCUT2D eigenvalue weighted by molar-refractivity contribution is 0.259. The van der Waals surface area contributed by atoms with Crippen molar-refractivity contribution in [2.45, 2.75) is 24.7 Å². The van der Waals surface area contributed by atoms with Crippen LogP contribution < -0.4 is 4.74 Å². The number of hydrogen-bond donors (Lipinski definition) is 1. The number of ether oxygens (including phenoxy) is 1. The van der Waals surface area contributed by atoms with Crippen LogP contribution in [0.1, 0.15) is 18.4 Å². The predicted octanol–water partition coefficient (Wildman–Crippen LogP) is 1.40. The van der Waals surface area contributed by atoms with Crippen LogP contribution in [0, 0.1) is 12.8 Å². The van der Waals surface area contributed by atoms with Crippen molar-refractivity contribution >= 4 is 10.0 Å². The van der Waals surface area contributed by atoms with Crippen LogP contribution in [0.2, 0.25) is 0 Å². The second-order valence-electron chi connectivity index (χ2n) is 5.16. The number of nitrogens with zero attached hydrogens (tertiary/aromatic N) is 1. The Kier molecular flexibility index (Phi) is 4.67. The summed E-state index contributed by atoms with van der Waals surface area (Å²) in [6.07, 6.45) is 1.47. The molecular weight excluding hydrogens is 278 g/mol. The molecule has 1 atom stereocenters. The molecule has 0 aliphatic carbocycles. The van der Waals surface area contributed by atoms with Gasteiger partial charge in [0.05, 0.1) is 12.0 Å². The first-order chi connectivity index (χ1) is 9.48. The van der Waals surface area contributed by atoms with E-state index in [1.807, 2.05) is 6.92 Å². The van der Waals surface area contributed by atoms with Crippen molar-refractivity contribution in [3.05, 3.63) is 23.8 Å². The van der Waals surface area contributed by atoms with Gasteiger partial charge in [0.2, 0.25) is 10.0 Å². The zero-order valence-electron chi connectivity index (χ0n) is 11.9. The first kappa shape index (κ1) is 15.3. The number of sulfonamides is 1. The molecule has 0 amide bonds. The highest BCUT2D eigenvalue weighted by atomic mass is 32.2. The number of aliphatic hydroxyl groups is 1. The molecule has 5 nitrogen and oxygen atoms in total. The van der Waals surface area contributed by atoms with Gasteiger partial charge in [0, 0.05) is 19.7 Å². The Morgan fingerprint density at radius 3 is 2.80 bits per heavy atom. The van der Waals surface area contributed by atoms with Crippen LogP contribution in [0.15, 0.2) is 23.1 Å². The second-order valence-corrected chi connectivity index (χ2v) is 7.10. The van der Waals surface area contributed by atoms with Crippen molar-refractivity contribution in [2.75, 3.05) is 26.8 Å². The zero-order chi connectivity index (χ0) is 14.8. The van der Waals surface area contributed by atoms with Crippen molar-refractivity contribution in [2.24, 2.45) is 5.92 Å². The fourth-order valence-corrected chi connectivity index (χ4v) is 4.21. The molecule has 1 N–H and O–H groups in total. The van der Waals surface area contributed by atoms with Gasteiger partial charge >= 0.3 is 0 Å². The van der Waals surface area contributed by atoms with Gasteiger partial charge in [-0.1, -0.05) is 0 Å². The van der Waals surface area contributed by atoms with E-state index in [1.54, 1.807) is 25.3 Å². The Bertz CT molecular complexity index is 571. The minimum Gasteiger partial charge on any atom is -0.496 e. The number of aliphatic hydroxyl groups excluding tert-OH is 1. The van der Waals surface area contributed by atoms with Gasteiger partial charge in [-0.2, -0.15) is 4.31 Å². The third-order valence-electron chi connectivity index (χ3n) is 3.79. The maximum absolute atomic E-state index is 12.6. The molecule has 1 aliphatic rings. The molecule has 0 aromatic heterocycles. The Morgan fingerprint density at radius 1 is 1.45 bits per heavy atom. The molecule has 1 aromatic carbocycles. The van der Waals surface area contributed by atoms with Crippen molar-refractivity contribution in [3.63, 3.8) is 0 Å². The fourth-order valence-electron chi connectivity index (χ4n) is 2.59. The van der Waals surface area contributed by atoms with Gasteiger partial charge in [-0.25, -0.2) is 8.42 Å². The van der Waals surface area contributed by atoms with E-state index in [2.05, 4.69) is 0 Å². The van der Waals surface area contributed by atoms with Crippen LogP contribution in [0.5, 0.6) is 5.75 Å². The molecule has 20 heavy (non-hydrogen) atoms. The summed E-state index contributed by atoms with van der Waals surface area (Å²) in [5.41, 5.74) is 0.805. The highest BCUT2D eigenvalue weighted by Gasteiger charge is 2.32. The number of rotatable bonds is 5. The summed E-state index contributed by atoms with van der Waals surface area (Å²) in [5, 5.41) is 8.94. The van der Waals surface area contributed by atoms with Gasteiger partial charge < -0.3 is 9.84 Å². The van der Waals surface area contributed by atoms with Gasteiger partial charge in [-0.3, -0.25) is 0 Å². The van der Waals surface area contributed by atoms with Crippen LogP contribution in [-0.4, -0.2) is 44.6 Å². The minimum absolute atomic E-state index is 0.111.